The van der Waals surface area contributed by atoms with E-state index in [2.05, 4.69) is 5.32 Å². The van der Waals surface area contributed by atoms with E-state index in [0.717, 1.165) is 16.1 Å². The van der Waals surface area contributed by atoms with Crippen LogP contribution in [0.15, 0.2) is 48.5 Å². The normalized spacial score (nSPS) is 10.8. The van der Waals surface area contributed by atoms with Gasteiger partial charge in [-0.15, -0.1) is 0 Å². The van der Waals surface area contributed by atoms with Crippen molar-refractivity contribution in [2.75, 3.05) is 22.4 Å². The van der Waals surface area contributed by atoms with Crippen molar-refractivity contribution < 1.29 is 13.2 Å². The van der Waals surface area contributed by atoms with Gasteiger partial charge in [-0.1, -0.05) is 31.2 Å². The van der Waals surface area contributed by atoms with Crippen LogP contribution in [0.3, 0.4) is 0 Å². The Morgan fingerprint density at radius 2 is 1.92 bits per heavy atom. The monoisotopic (exact) mass is 357 g/mol. The molecule has 2 aromatic rings. The number of carbonyl (C=O) groups excluding carboxylic acids is 1. The third kappa shape index (κ3) is 4.81. The minimum Gasteiger partial charge on any atom is -0.324 e. The summed E-state index contributed by atoms with van der Waals surface area (Å²) >= 11 is 0. The van der Waals surface area contributed by atoms with Crippen LogP contribution in [0.25, 0.3) is 0 Å². The van der Waals surface area contributed by atoms with Gasteiger partial charge in [0.15, 0.2) is 0 Å². The van der Waals surface area contributed by atoms with Crippen LogP contribution >= 0.6 is 0 Å². The Kier molecular flexibility index (Phi) is 5.78. The zero-order valence-corrected chi connectivity index (χ0v) is 14.9. The summed E-state index contributed by atoms with van der Waals surface area (Å²) in [7, 11) is -3.63. The minimum atomic E-state index is -3.63. The van der Waals surface area contributed by atoms with Gasteiger partial charge in [0, 0.05) is 5.69 Å². The molecule has 130 valence electrons. The average Bonchev–Trinajstić information content (AvgIpc) is 2.59. The number of nitrogens with one attached hydrogen (secondary N) is 1. The summed E-state index contributed by atoms with van der Waals surface area (Å²) in [4.78, 5) is 12.3. The van der Waals surface area contributed by atoms with E-state index in [1.54, 1.807) is 30.3 Å². The van der Waals surface area contributed by atoms with E-state index in [1.165, 1.54) is 6.07 Å². The van der Waals surface area contributed by atoms with Crippen LogP contribution in [-0.2, 0) is 21.2 Å². The van der Waals surface area contributed by atoms with E-state index in [-0.39, 0.29) is 6.54 Å². The SMILES string of the molecule is CCc1ccccc1N(CC(=O)Nc1cccc(C#N)c1)S(C)(=O)=O. The Bertz CT molecular complexity index is 917. The summed E-state index contributed by atoms with van der Waals surface area (Å²) in [5, 5.41) is 11.5. The van der Waals surface area contributed by atoms with Gasteiger partial charge < -0.3 is 5.32 Å². The third-order valence-corrected chi connectivity index (χ3v) is 4.73. The topological polar surface area (TPSA) is 90.3 Å². The highest BCUT2D eigenvalue weighted by atomic mass is 32.2. The molecule has 2 aromatic carbocycles. The molecule has 0 aromatic heterocycles. The number of para-hydroxylation sites is 1. The fourth-order valence-corrected chi connectivity index (χ4v) is 3.32. The van der Waals surface area contributed by atoms with Gasteiger partial charge in [-0.2, -0.15) is 5.26 Å². The molecule has 0 aliphatic heterocycles. The fourth-order valence-electron chi connectivity index (χ4n) is 2.43. The first-order chi connectivity index (χ1) is 11.8. The molecule has 0 saturated heterocycles. The summed E-state index contributed by atoms with van der Waals surface area (Å²) in [5.74, 6) is -0.480. The highest BCUT2D eigenvalue weighted by Crippen LogP contribution is 2.23. The van der Waals surface area contributed by atoms with E-state index in [4.69, 9.17) is 5.26 Å². The number of nitrogens with zero attached hydrogens (tertiary/aromatic N) is 2. The number of anilines is 2. The molecule has 0 aliphatic carbocycles. The fraction of sp³-hybridized carbons (Fsp3) is 0.222. The van der Waals surface area contributed by atoms with Gasteiger partial charge >= 0.3 is 0 Å². The lowest BCUT2D eigenvalue weighted by Gasteiger charge is -2.24. The molecule has 0 atom stereocenters. The first-order valence-electron chi connectivity index (χ1n) is 7.70. The molecule has 1 amide bonds. The first kappa shape index (κ1) is 18.5. The molecule has 25 heavy (non-hydrogen) atoms. The number of sulfonamides is 1. The predicted octanol–water partition coefficient (Wildman–Crippen LogP) is 2.53. The Morgan fingerprint density at radius 1 is 1.20 bits per heavy atom. The van der Waals surface area contributed by atoms with Crippen molar-refractivity contribution in [3.05, 3.63) is 59.7 Å². The Labute approximate surface area is 147 Å². The molecule has 2 rings (SSSR count). The maximum atomic E-state index is 12.3. The smallest absolute Gasteiger partial charge is 0.245 e. The van der Waals surface area contributed by atoms with Gasteiger partial charge in [-0.25, -0.2) is 8.42 Å². The lowest BCUT2D eigenvalue weighted by atomic mass is 10.1. The van der Waals surface area contributed by atoms with Gasteiger partial charge in [0.2, 0.25) is 15.9 Å². The molecule has 0 heterocycles. The number of carbonyl (C=O) groups is 1. The maximum Gasteiger partial charge on any atom is 0.245 e. The zero-order valence-electron chi connectivity index (χ0n) is 14.1. The number of hydrogen-bond acceptors (Lipinski definition) is 4. The molecule has 1 N–H and O–H groups in total. The second kappa shape index (κ2) is 7.81. The van der Waals surface area contributed by atoms with Crippen LogP contribution in [0.2, 0.25) is 0 Å². The van der Waals surface area contributed by atoms with Crippen molar-refractivity contribution in [2.45, 2.75) is 13.3 Å². The van der Waals surface area contributed by atoms with E-state index in [0.29, 0.717) is 23.4 Å². The van der Waals surface area contributed by atoms with Crippen molar-refractivity contribution >= 4 is 27.3 Å². The van der Waals surface area contributed by atoms with Crippen LogP contribution in [0, 0.1) is 11.3 Å². The highest BCUT2D eigenvalue weighted by Gasteiger charge is 2.22. The second-order valence-corrected chi connectivity index (χ2v) is 7.40. The molecule has 0 aliphatic rings. The Hall–Kier alpha value is -2.85. The van der Waals surface area contributed by atoms with Gasteiger partial charge in [0.25, 0.3) is 0 Å². The molecule has 0 spiro atoms. The van der Waals surface area contributed by atoms with Crippen LogP contribution in [0.5, 0.6) is 0 Å². The molecule has 0 bridgehead atoms. The van der Waals surface area contributed by atoms with Gasteiger partial charge in [-0.3, -0.25) is 9.10 Å². The van der Waals surface area contributed by atoms with Gasteiger partial charge in [0.1, 0.15) is 6.54 Å². The maximum absolute atomic E-state index is 12.3. The van der Waals surface area contributed by atoms with Crippen molar-refractivity contribution in [1.29, 1.82) is 5.26 Å². The van der Waals surface area contributed by atoms with Crippen LogP contribution in [-0.4, -0.2) is 27.1 Å². The standard InChI is InChI=1S/C18H19N3O3S/c1-3-15-8-4-5-10-17(15)21(25(2,23)24)13-18(22)20-16-9-6-7-14(11-16)12-19/h4-11H,3,13H2,1-2H3,(H,20,22). The average molecular weight is 357 g/mol. The first-order valence-corrected chi connectivity index (χ1v) is 9.55. The minimum absolute atomic E-state index is 0.341. The van der Waals surface area contributed by atoms with Crippen molar-refractivity contribution in [3.8, 4) is 6.07 Å². The number of aryl methyl sites for hydroxylation is 1. The second-order valence-electron chi connectivity index (χ2n) is 5.49. The quantitative estimate of drug-likeness (QED) is 0.860. The lowest BCUT2D eigenvalue weighted by Crippen LogP contribution is -2.38. The number of hydrogen-bond donors (Lipinski definition) is 1. The molecule has 6 nitrogen and oxygen atoms in total. The summed E-state index contributed by atoms with van der Waals surface area (Å²) in [5.41, 5.74) is 2.19. The van der Waals surface area contributed by atoms with Crippen molar-refractivity contribution in [1.82, 2.24) is 0 Å². The van der Waals surface area contributed by atoms with Crippen molar-refractivity contribution in [2.24, 2.45) is 0 Å². The van der Waals surface area contributed by atoms with E-state index in [9.17, 15) is 13.2 Å². The van der Waals surface area contributed by atoms with E-state index < -0.39 is 15.9 Å². The predicted molar refractivity (Wildman–Crippen MR) is 97.8 cm³/mol. The Morgan fingerprint density at radius 3 is 2.56 bits per heavy atom. The lowest BCUT2D eigenvalue weighted by molar-refractivity contribution is -0.114. The highest BCUT2D eigenvalue weighted by molar-refractivity contribution is 7.92. The third-order valence-electron chi connectivity index (χ3n) is 3.60. The van der Waals surface area contributed by atoms with E-state index in [1.807, 2.05) is 25.1 Å². The van der Waals surface area contributed by atoms with Gasteiger partial charge in [0.05, 0.1) is 23.6 Å². The molecular formula is C18H19N3O3S. The number of benzene rings is 2. The summed E-state index contributed by atoms with van der Waals surface area (Å²) < 4.78 is 25.5. The molecule has 0 saturated carbocycles. The largest absolute Gasteiger partial charge is 0.324 e. The van der Waals surface area contributed by atoms with Crippen LogP contribution in [0.4, 0.5) is 11.4 Å². The molecule has 0 radical (unpaired) electrons. The summed E-state index contributed by atoms with van der Waals surface area (Å²) in [6, 6.07) is 15.5. The molecule has 7 heteroatoms. The zero-order chi connectivity index (χ0) is 18.4. The van der Waals surface area contributed by atoms with Crippen LogP contribution in [0.1, 0.15) is 18.1 Å². The van der Waals surface area contributed by atoms with E-state index >= 15 is 0 Å². The summed E-state index contributed by atoms with van der Waals surface area (Å²) in [6.45, 7) is 1.58. The molecule has 0 unspecified atom stereocenters. The van der Waals surface area contributed by atoms with Crippen molar-refractivity contribution in [3.63, 3.8) is 0 Å². The number of rotatable bonds is 6. The number of nitriles is 1. The van der Waals surface area contributed by atoms with Gasteiger partial charge in [-0.05, 0) is 36.2 Å². The number of amides is 1. The molecular weight excluding hydrogens is 338 g/mol. The van der Waals surface area contributed by atoms with Crippen LogP contribution < -0.4 is 9.62 Å². The summed E-state index contributed by atoms with van der Waals surface area (Å²) in [6.07, 6.45) is 1.72. The molecule has 0 fully saturated rings. The Balaban J connectivity index is 2.26.